The highest BCUT2D eigenvalue weighted by atomic mass is 19.4. The molecule has 4 aromatic rings. The second-order valence-electron chi connectivity index (χ2n) is 9.46. The Labute approximate surface area is 225 Å². The fourth-order valence-corrected chi connectivity index (χ4v) is 4.20. The van der Waals surface area contributed by atoms with Crippen molar-refractivity contribution in [3.8, 4) is 11.3 Å². The third-order valence-corrected chi connectivity index (χ3v) is 6.41. The minimum atomic E-state index is -6.01. The molecule has 0 spiro atoms. The molecule has 0 radical (unpaired) electrons. The van der Waals surface area contributed by atoms with Crippen molar-refractivity contribution in [3.05, 3.63) is 71.1 Å². The fourth-order valence-electron chi connectivity index (χ4n) is 4.20. The Bertz CT molecular complexity index is 1580. The lowest BCUT2D eigenvalue weighted by Crippen LogP contribution is -2.36. The summed E-state index contributed by atoms with van der Waals surface area (Å²) >= 11 is 0. The van der Waals surface area contributed by atoms with Crippen molar-refractivity contribution in [3.63, 3.8) is 0 Å². The number of alkyl halides is 8. The molecule has 0 atom stereocenters. The first kappa shape index (κ1) is 28.4. The number of amides is 1. The normalized spacial score (nSPS) is 14.6. The van der Waals surface area contributed by atoms with Crippen LogP contribution in [0.15, 0.2) is 42.5 Å². The third kappa shape index (κ3) is 5.72. The van der Waals surface area contributed by atoms with Crippen molar-refractivity contribution in [2.24, 2.45) is 0 Å². The summed E-state index contributed by atoms with van der Waals surface area (Å²) in [4.78, 5) is 16.7. The van der Waals surface area contributed by atoms with Gasteiger partial charge in [0.15, 0.2) is 17.0 Å². The van der Waals surface area contributed by atoms with E-state index in [4.69, 9.17) is 0 Å². The predicted octanol–water partition coefficient (Wildman–Crippen LogP) is 6.10. The van der Waals surface area contributed by atoms with E-state index in [0.717, 1.165) is 49.2 Å². The number of nitrogens with zero attached hydrogens (tertiary/aromatic N) is 5. The third-order valence-electron chi connectivity index (χ3n) is 6.41. The van der Waals surface area contributed by atoms with Gasteiger partial charge in [-0.25, -0.2) is 13.9 Å². The number of rotatable bonds is 8. The molecular weight excluding hydrogens is 571 g/mol. The van der Waals surface area contributed by atoms with Crippen molar-refractivity contribution in [1.29, 1.82) is 0 Å². The summed E-state index contributed by atoms with van der Waals surface area (Å²) in [5.74, 6) is -7.02. The second-order valence-corrected chi connectivity index (χ2v) is 9.46. The lowest BCUT2D eigenvalue weighted by molar-refractivity contribution is -0.291. The smallest absolute Gasteiger partial charge is 0.351 e. The summed E-state index contributed by atoms with van der Waals surface area (Å²) in [6, 6.07) is 6.58. The zero-order valence-electron chi connectivity index (χ0n) is 20.7. The number of benzene rings is 1. The molecule has 0 bridgehead atoms. The molecule has 0 saturated heterocycles. The van der Waals surface area contributed by atoms with E-state index >= 15 is 0 Å². The van der Waals surface area contributed by atoms with Crippen LogP contribution in [0.1, 0.15) is 52.8 Å². The summed E-state index contributed by atoms with van der Waals surface area (Å²) in [5.41, 5.74) is -3.52. The molecule has 3 heterocycles. The maximum atomic E-state index is 14.5. The summed E-state index contributed by atoms with van der Waals surface area (Å²) in [6.45, 7) is -0.0459. The maximum absolute atomic E-state index is 14.5. The van der Waals surface area contributed by atoms with E-state index in [1.54, 1.807) is 0 Å². The van der Waals surface area contributed by atoms with Crippen molar-refractivity contribution in [2.75, 3.05) is 6.54 Å². The van der Waals surface area contributed by atoms with Crippen LogP contribution in [-0.2, 0) is 18.6 Å². The summed E-state index contributed by atoms with van der Waals surface area (Å²) in [5, 5.41) is 9.64. The van der Waals surface area contributed by atoms with Crippen molar-refractivity contribution < 1.29 is 44.3 Å². The highest BCUT2D eigenvalue weighted by Gasteiger charge is 2.60. The summed E-state index contributed by atoms with van der Waals surface area (Å²) in [6.07, 6.45) is -9.01. The van der Waals surface area contributed by atoms with Gasteiger partial charge in [0.1, 0.15) is 11.5 Å². The Morgan fingerprint density at radius 2 is 1.63 bits per heavy atom. The molecule has 5 rings (SSSR count). The van der Waals surface area contributed by atoms with Gasteiger partial charge in [0.2, 0.25) is 0 Å². The number of nitrogens with one attached hydrogen (secondary N) is 1. The minimum Gasteiger partial charge on any atom is -0.351 e. The number of hydrogen-bond donors (Lipinski definition) is 1. The van der Waals surface area contributed by atoms with E-state index in [1.165, 1.54) is 4.68 Å². The van der Waals surface area contributed by atoms with E-state index in [2.05, 4.69) is 20.5 Å². The molecule has 3 aromatic heterocycles. The lowest BCUT2D eigenvalue weighted by Gasteiger charge is -2.21. The van der Waals surface area contributed by atoms with Gasteiger partial charge < -0.3 is 5.32 Å². The fraction of sp³-hybridized carbons (Fsp3) is 0.360. The van der Waals surface area contributed by atoms with Gasteiger partial charge >= 0.3 is 18.3 Å². The Morgan fingerprint density at radius 3 is 2.24 bits per heavy atom. The van der Waals surface area contributed by atoms with Gasteiger partial charge in [-0.3, -0.25) is 9.48 Å². The average molecular weight is 590 g/mol. The number of aromatic nitrogens is 5. The number of hydrogen-bond acceptors (Lipinski definition) is 4. The van der Waals surface area contributed by atoms with E-state index in [0.29, 0.717) is 11.8 Å². The van der Waals surface area contributed by atoms with Gasteiger partial charge in [-0.05, 0) is 55.7 Å². The first-order valence-corrected chi connectivity index (χ1v) is 12.2. The van der Waals surface area contributed by atoms with Gasteiger partial charge in [-0.15, -0.1) is 0 Å². The van der Waals surface area contributed by atoms with Crippen LogP contribution < -0.4 is 5.32 Å². The van der Waals surface area contributed by atoms with Gasteiger partial charge in [0.25, 0.3) is 5.91 Å². The van der Waals surface area contributed by atoms with Crippen molar-refractivity contribution in [2.45, 2.75) is 50.0 Å². The first-order chi connectivity index (χ1) is 19.1. The second kappa shape index (κ2) is 10.1. The largest absolute Gasteiger partial charge is 0.459 e. The molecule has 1 aromatic carbocycles. The van der Waals surface area contributed by atoms with Crippen molar-refractivity contribution >= 4 is 11.6 Å². The Kier molecular flexibility index (Phi) is 6.98. The zero-order chi connectivity index (χ0) is 29.7. The monoisotopic (exact) mass is 590 g/mol. The van der Waals surface area contributed by atoms with E-state index < -0.39 is 52.7 Å². The zero-order valence-corrected chi connectivity index (χ0v) is 20.7. The van der Waals surface area contributed by atoms with Crippen LogP contribution in [0.2, 0.25) is 0 Å². The van der Waals surface area contributed by atoms with Gasteiger partial charge in [-0.2, -0.15) is 45.3 Å². The molecule has 1 saturated carbocycles. The number of halogens is 9. The van der Waals surface area contributed by atoms with Crippen LogP contribution in [0.25, 0.3) is 16.9 Å². The molecule has 1 aliphatic rings. The van der Waals surface area contributed by atoms with Gasteiger partial charge in [-0.1, -0.05) is 0 Å². The quantitative estimate of drug-likeness (QED) is 0.199. The van der Waals surface area contributed by atoms with Crippen LogP contribution in [0.4, 0.5) is 39.5 Å². The number of aryl methyl sites for hydroxylation is 1. The van der Waals surface area contributed by atoms with Crippen LogP contribution in [0, 0.1) is 5.82 Å². The Hall–Kier alpha value is -4.11. The standard InChI is InChI=1S/C25H19F9N6O/c26-15-6-4-13(5-7-15)16-10-20(23(27,28)25(32,33)34)40-21(36-16)11-17(37-40)22(41)35-8-1-9-39-18(14-2-3-14)12-19(38-39)24(29,30)31/h4-7,10-12,14H,1-3,8-9H2,(H,35,41). The molecule has 218 valence electrons. The molecule has 0 aliphatic heterocycles. The minimum absolute atomic E-state index is 0.0255. The van der Waals surface area contributed by atoms with Gasteiger partial charge in [0, 0.05) is 36.3 Å². The van der Waals surface area contributed by atoms with E-state index in [-0.39, 0.29) is 41.2 Å². The van der Waals surface area contributed by atoms with Crippen LogP contribution in [-0.4, -0.2) is 43.0 Å². The molecule has 41 heavy (non-hydrogen) atoms. The molecule has 1 N–H and O–H groups in total. The highest BCUT2D eigenvalue weighted by molar-refractivity contribution is 5.93. The van der Waals surface area contributed by atoms with Gasteiger partial charge in [0.05, 0.1) is 5.69 Å². The first-order valence-electron chi connectivity index (χ1n) is 12.2. The number of carbonyl (C=O) groups is 1. The van der Waals surface area contributed by atoms with Crippen LogP contribution >= 0.6 is 0 Å². The molecule has 0 unspecified atom stereocenters. The van der Waals surface area contributed by atoms with E-state index in [9.17, 15) is 44.3 Å². The summed E-state index contributed by atoms with van der Waals surface area (Å²) < 4.78 is 123. The topological polar surface area (TPSA) is 77.1 Å². The molecule has 1 fully saturated rings. The molecule has 7 nitrogen and oxygen atoms in total. The summed E-state index contributed by atoms with van der Waals surface area (Å²) in [7, 11) is 0. The SMILES string of the molecule is O=C(NCCCn1nc(C(F)(F)F)cc1C1CC1)c1cc2nc(-c3ccc(F)cc3)cc(C(F)(F)C(F)(F)F)n2n1. The number of fused-ring (bicyclic) bond motifs is 1. The Morgan fingerprint density at radius 1 is 0.951 bits per heavy atom. The maximum Gasteiger partial charge on any atom is 0.459 e. The molecule has 1 amide bonds. The number of carbonyl (C=O) groups excluding carboxylic acids is 1. The van der Waals surface area contributed by atoms with Crippen molar-refractivity contribution in [1.82, 2.24) is 29.7 Å². The molecular formula is C25H19F9N6O. The highest BCUT2D eigenvalue weighted by Crippen LogP contribution is 2.45. The average Bonchev–Trinajstić information content (AvgIpc) is 3.48. The van der Waals surface area contributed by atoms with Crippen LogP contribution in [0.3, 0.4) is 0 Å². The molecule has 1 aliphatic carbocycles. The molecule has 16 heteroatoms. The van der Waals surface area contributed by atoms with Crippen LogP contribution in [0.5, 0.6) is 0 Å². The Balaban J connectivity index is 1.36. The van der Waals surface area contributed by atoms with E-state index in [1.807, 2.05) is 0 Å². The lowest BCUT2D eigenvalue weighted by atomic mass is 10.1. The predicted molar refractivity (Wildman–Crippen MR) is 124 cm³/mol.